The molecule has 0 bridgehead atoms. The molecule has 0 saturated carbocycles. The van der Waals surface area contributed by atoms with Gasteiger partial charge in [-0.1, -0.05) is 55.2 Å². The van der Waals surface area contributed by atoms with E-state index in [0.29, 0.717) is 22.2 Å². The summed E-state index contributed by atoms with van der Waals surface area (Å²) in [6.07, 6.45) is 2.70. The zero-order valence-electron chi connectivity index (χ0n) is 22.1. The lowest BCUT2D eigenvalue weighted by molar-refractivity contribution is -0.141. The Labute approximate surface area is 231 Å². The number of anilines is 1. The Morgan fingerprint density at radius 3 is 2.19 bits per heavy atom. The Hall–Kier alpha value is -2.29. The predicted molar refractivity (Wildman–Crippen MR) is 152 cm³/mol. The van der Waals surface area contributed by atoms with Crippen molar-refractivity contribution in [3.05, 3.63) is 63.6 Å². The van der Waals surface area contributed by atoms with Gasteiger partial charge in [0.15, 0.2) is 0 Å². The van der Waals surface area contributed by atoms with Crippen LogP contribution >= 0.6 is 23.2 Å². The lowest BCUT2D eigenvalue weighted by atomic mass is 10.1. The summed E-state index contributed by atoms with van der Waals surface area (Å²) in [5.41, 5.74) is 2.10. The number of aryl methyl sites for hydroxylation is 1. The summed E-state index contributed by atoms with van der Waals surface area (Å²) >= 11 is 12.1. The van der Waals surface area contributed by atoms with E-state index in [9.17, 15) is 18.0 Å². The van der Waals surface area contributed by atoms with Gasteiger partial charge >= 0.3 is 0 Å². The van der Waals surface area contributed by atoms with Crippen molar-refractivity contribution >= 4 is 50.7 Å². The number of hydrogen-bond acceptors (Lipinski definition) is 4. The molecule has 0 aliphatic heterocycles. The monoisotopic (exact) mass is 569 g/mol. The standard InChI is InChI=1S/C27H37Cl2N3O4S/c1-6-20(4)30-27(34)24(7-2)31(18-21-11-14-22(28)15-12-21)26(33)9-8-16-32(37(5,35)36)25-17-23(29)13-10-19(25)3/h10-15,17,20,24H,6-9,16,18H2,1-5H3,(H,30,34). The average molecular weight is 571 g/mol. The molecule has 0 aromatic heterocycles. The van der Waals surface area contributed by atoms with Crippen molar-refractivity contribution in [2.45, 2.75) is 72.0 Å². The van der Waals surface area contributed by atoms with Crippen LogP contribution in [-0.4, -0.2) is 50.0 Å². The molecule has 0 aliphatic rings. The Bertz CT molecular complexity index is 1170. The molecule has 2 amide bonds. The van der Waals surface area contributed by atoms with Gasteiger partial charge in [-0.2, -0.15) is 0 Å². The van der Waals surface area contributed by atoms with Crippen LogP contribution in [0.3, 0.4) is 0 Å². The predicted octanol–water partition coefficient (Wildman–Crippen LogP) is 5.57. The summed E-state index contributed by atoms with van der Waals surface area (Å²) in [6.45, 7) is 7.94. The molecule has 2 atom stereocenters. The molecule has 0 heterocycles. The average Bonchev–Trinajstić information content (AvgIpc) is 2.83. The second-order valence-electron chi connectivity index (χ2n) is 9.26. The minimum atomic E-state index is -3.61. The van der Waals surface area contributed by atoms with E-state index in [1.54, 1.807) is 35.2 Å². The van der Waals surface area contributed by atoms with E-state index in [1.165, 1.54) is 4.31 Å². The minimum Gasteiger partial charge on any atom is -0.352 e. The highest BCUT2D eigenvalue weighted by Crippen LogP contribution is 2.27. The molecule has 2 aromatic rings. The summed E-state index contributed by atoms with van der Waals surface area (Å²) < 4.78 is 26.4. The van der Waals surface area contributed by atoms with Gasteiger partial charge in [0, 0.05) is 35.6 Å². The molecule has 0 spiro atoms. The normalized spacial score (nSPS) is 13.1. The highest BCUT2D eigenvalue weighted by molar-refractivity contribution is 7.92. The maximum Gasteiger partial charge on any atom is 0.243 e. The fourth-order valence-electron chi connectivity index (χ4n) is 3.98. The third kappa shape index (κ3) is 9.20. The smallest absolute Gasteiger partial charge is 0.243 e. The number of carbonyl (C=O) groups is 2. The van der Waals surface area contributed by atoms with Crippen LogP contribution in [0, 0.1) is 6.92 Å². The third-order valence-electron chi connectivity index (χ3n) is 6.25. The van der Waals surface area contributed by atoms with E-state index in [1.807, 2.05) is 39.8 Å². The van der Waals surface area contributed by atoms with Crippen LogP contribution in [0.1, 0.15) is 57.6 Å². The molecule has 204 valence electrons. The van der Waals surface area contributed by atoms with Gasteiger partial charge in [0.05, 0.1) is 11.9 Å². The summed E-state index contributed by atoms with van der Waals surface area (Å²) in [4.78, 5) is 28.1. The Balaban J connectivity index is 2.25. The molecule has 0 saturated heterocycles. The third-order valence-corrected chi connectivity index (χ3v) is 7.91. The Morgan fingerprint density at radius 2 is 1.62 bits per heavy atom. The fourth-order valence-corrected chi connectivity index (χ4v) is 5.29. The van der Waals surface area contributed by atoms with Crippen molar-refractivity contribution in [1.82, 2.24) is 10.2 Å². The summed E-state index contributed by atoms with van der Waals surface area (Å²) in [6, 6.07) is 11.6. The van der Waals surface area contributed by atoms with E-state index in [2.05, 4.69) is 5.32 Å². The van der Waals surface area contributed by atoms with Crippen molar-refractivity contribution in [1.29, 1.82) is 0 Å². The van der Waals surface area contributed by atoms with E-state index in [-0.39, 0.29) is 43.8 Å². The van der Waals surface area contributed by atoms with Gasteiger partial charge < -0.3 is 10.2 Å². The van der Waals surface area contributed by atoms with E-state index in [0.717, 1.165) is 23.8 Å². The van der Waals surface area contributed by atoms with E-state index in [4.69, 9.17) is 23.2 Å². The zero-order chi connectivity index (χ0) is 27.8. The van der Waals surface area contributed by atoms with E-state index >= 15 is 0 Å². The van der Waals surface area contributed by atoms with Crippen LogP contribution in [0.2, 0.25) is 10.0 Å². The summed E-state index contributed by atoms with van der Waals surface area (Å²) in [5.74, 6) is -0.427. The highest BCUT2D eigenvalue weighted by atomic mass is 35.5. The number of amides is 2. The molecule has 2 rings (SSSR count). The van der Waals surface area contributed by atoms with Gasteiger partial charge in [-0.3, -0.25) is 13.9 Å². The van der Waals surface area contributed by atoms with Crippen molar-refractivity contribution in [2.24, 2.45) is 0 Å². The second kappa shape index (κ2) is 14.0. The second-order valence-corrected chi connectivity index (χ2v) is 12.0. The number of rotatable bonds is 13. The first-order valence-electron chi connectivity index (χ1n) is 12.5. The van der Waals surface area contributed by atoms with Gasteiger partial charge in [0.25, 0.3) is 0 Å². The van der Waals surface area contributed by atoms with Gasteiger partial charge in [0.1, 0.15) is 6.04 Å². The number of halogens is 2. The molecule has 0 radical (unpaired) electrons. The lowest BCUT2D eigenvalue weighted by Crippen LogP contribution is -2.50. The summed E-state index contributed by atoms with van der Waals surface area (Å²) in [5, 5.41) is 4.00. The molecular weight excluding hydrogens is 533 g/mol. The van der Waals surface area contributed by atoms with Crippen molar-refractivity contribution in [2.75, 3.05) is 17.1 Å². The van der Waals surface area contributed by atoms with Crippen LogP contribution < -0.4 is 9.62 Å². The number of nitrogens with zero attached hydrogens (tertiary/aromatic N) is 2. The quantitative estimate of drug-likeness (QED) is 0.341. The highest BCUT2D eigenvalue weighted by Gasteiger charge is 2.29. The van der Waals surface area contributed by atoms with Crippen LogP contribution in [0.25, 0.3) is 0 Å². The molecule has 10 heteroatoms. The SMILES string of the molecule is CCC(C)NC(=O)C(CC)N(Cc1ccc(Cl)cc1)C(=O)CCCN(c1cc(Cl)ccc1C)S(C)(=O)=O. The minimum absolute atomic E-state index is 0.0155. The first-order chi connectivity index (χ1) is 17.4. The number of carbonyl (C=O) groups excluding carboxylic acids is 2. The molecule has 0 fully saturated rings. The van der Waals surface area contributed by atoms with Crippen molar-refractivity contribution in [3.8, 4) is 0 Å². The number of hydrogen-bond donors (Lipinski definition) is 1. The van der Waals surface area contributed by atoms with Crippen molar-refractivity contribution < 1.29 is 18.0 Å². The van der Waals surface area contributed by atoms with Crippen LogP contribution in [0.4, 0.5) is 5.69 Å². The van der Waals surface area contributed by atoms with Gasteiger partial charge in [-0.25, -0.2) is 8.42 Å². The molecule has 37 heavy (non-hydrogen) atoms. The Morgan fingerprint density at radius 1 is 1.00 bits per heavy atom. The number of nitrogens with one attached hydrogen (secondary N) is 1. The topological polar surface area (TPSA) is 86.8 Å². The van der Waals surface area contributed by atoms with Gasteiger partial charge in [0.2, 0.25) is 21.8 Å². The van der Waals surface area contributed by atoms with Gasteiger partial charge in [-0.05, 0) is 68.5 Å². The lowest BCUT2D eigenvalue weighted by Gasteiger charge is -2.32. The molecule has 1 N–H and O–H groups in total. The number of benzene rings is 2. The first kappa shape index (κ1) is 30.9. The maximum absolute atomic E-state index is 13.5. The first-order valence-corrected chi connectivity index (χ1v) is 15.1. The fraction of sp³-hybridized carbons (Fsp3) is 0.481. The van der Waals surface area contributed by atoms with Crippen LogP contribution in [-0.2, 0) is 26.2 Å². The Kier molecular flexibility index (Phi) is 11.7. The number of sulfonamides is 1. The molecule has 2 aromatic carbocycles. The molecule has 7 nitrogen and oxygen atoms in total. The summed E-state index contributed by atoms with van der Waals surface area (Å²) in [7, 11) is -3.61. The van der Waals surface area contributed by atoms with E-state index < -0.39 is 16.1 Å². The zero-order valence-corrected chi connectivity index (χ0v) is 24.5. The van der Waals surface area contributed by atoms with Gasteiger partial charge in [-0.15, -0.1) is 0 Å². The van der Waals surface area contributed by atoms with Crippen LogP contribution in [0.5, 0.6) is 0 Å². The van der Waals surface area contributed by atoms with Crippen LogP contribution in [0.15, 0.2) is 42.5 Å². The maximum atomic E-state index is 13.5. The molecule has 0 aliphatic carbocycles. The molecular formula is C27H37Cl2N3O4S. The van der Waals surface area contributed by atoms with Crippen molar-refractivity contribution in [3.63, 3.8) is 0 Å². The molecule has 2 unspecified atom stereocenters. The largest absolute Gasteiger partial charge is 0.352 e.